The SMILES string of the molecule is C=C(N)c1ccc(-n2c3c(c4ccccc42)C(=C)CCC3)cc1NCCCC. The summed E-state index contributed by atoms with van der Waals surface area (Å²) in [5.41, 5.74) is 15.1. The maximum Gasteiger partial charge on any atom is 0.0537 e. The molecule has 0 saturated heterocycles. The standard InChI is InChI=1S/C25H29N3/c1-4-5-15-27-22-16-19(13-14-20(22)18(3)26)28-23-11-7-6-10-21(23)25-17(2)9-8-12-24(25)28/h6-7,10-11,13-14,16,27H,2-5,8-9,12,15,26H2,1H3. The van der Waals surface area contributed by atoms with Crippen LogP contribution in [0.3, 0.4) is 0 Å². The molecule has 3 aromatic rings. The Morgan fingerprint density at radius 1 is 1.18 bits per heavy atom. The van der Waals surface area contributed by atoms with Crippen LogP contribution in [0, 0.1) is 0 Å². The minimum Gasteiger partial charge on any atom is -0.399 e. The Morgan fingerprint density at radius 2 is 2.00 bits per heavy atom. The van der Waals surface area contributed by atoms with Crippen LogP contribution in [0.15, 0.2) is 55.6 Å². The van der Waals surface area contributed by atoms with Gasteiger partial charge in [0.2, 0.25) is 0 Å². The molecule has 28 heavy (non-hydrogen) atoms. The van der Waals surface area contributed by atoms with Gasteiger partial charge in [0.05, 0.1) is 5.52 Å². The van der Waals surface area contributed by atoms with Crippen molar-refractivity contribution in [3.8, 4) is 5.69 Å². The minimum atomic E-state index is 0.596. The van der Waals surface area contributed by atoms with Gasteiger partial charge < -0.3 is 15.6 Å². The lowest BCUT2D eigenvalue weighted by Gasteiger charge is -2.19. The predicted molar refractivity (Wildman–Crippen MR) is 122 cm³/mol. The summed E-state index contributed by atoms with van der Waals surface area (Å²) in [5, 5.41) is 4.86. The highest BCUT2D eigenvalue weighted by Gasteiger charge is 2.23. The molecule has 0 spiro atoms. The third kappa shape index (κ3) is 3.11. The molecule has 0 fully saturated rings. The number of anilines is 1. The second-order valence-corrected chi connectivity index (χ2v) is 7.67. The van der Waals surface area contributed by atoms with E-state index >= 15 is 0 Å². The zero-order valence-corrected chi connectivity index (χ0v) is 16.7. The first kappa shape index (κ1) is 18.4. The zero-order valence-electron chi connectivity index (χ0n) is 16.7. The van der Waals surface area contributed by atoms with Crippen LogP contribution in [0.25, 0.3) is 27.9 Å². The van der Waals surface area contributed by atoms with E-state index in [0.29, 0.717) is 5.70 Å². The fraction of sp³-hybridized carbons (Fsp3) is 0.280. The van der Waals surface area contributed by atoms with E-state index in [9.17, 15) is 0 Å². The average Bonchev–Trinajstić information content (AvgIpc) is 3.03. The van der Waals surface area contributed by atoms with Gasteiger partial charge in [-0.15, -0.1) is 0 Å². The minimum absolute atomic E-state index is 0.596. The van der Waals surface area contributed by atoms with Crippen LogP contribution in [-0.4, -0.2) is 11.1 Å². The number of nitrogens with zero attached hydrogens (tertiary/aromatic N) is 1. The van der Waals surface area contributed by atoms with Crippen molar-refractivity contribution < 1.29 is 0 Å². The van der Waals surface area contributed by atoms with Crippen molar-refractivity contribution in [1.82, 2.24) is 4.57 Å². The van der Waals surface area contributed by atoms with Gasteiger partial charge >= 0.3 is 0 Å². The Hall–Kier alpha value is -2.94. The van der Waals surface area contributed by atoms with Gasteiger partial charge in [-0.05, 0) is 55.5 Å². The Labute approximate surface area is 167 Å². The highest BCUT2D eigenvalue weighted by atomic mass is 15.0. The number of unbranched alkanes of at least 4 members (excludes halogenated alkanes) is 1. The molecule has 0 bridgehead atoms. The predicted octanol–water partition coefficient (Wildman–Crippen LogP) is 6.12. The summed E-state index contributed by atoms with van der Waals surface area (Å²) in [6.07, 6.45) is 5.59. The largest absolute Gasteiger partial charge is 0.399 e. The third-order valence-electron chi connectivity index (χ3n) is 5.67. The molecule has 144 valence electrons. The molecule has 3 N–H and O–H groups in total. The number of aromatic nitrogens is 1. The molecule has 0 radical (unpaired) electrons. The number of nitrogens with one attached hydrogen (secondary N) is 1. The first-order valence-electron chi connectivity index (χ1n) is 10.2. The first-order chi connectivity index (χ1) is 13.6. The maximum atomic E-state index is 6.05. The number of rotatable bonds is 6. The smallest absolute Gasteiger partial charge is 0.0537 e. The molecule has 2 aromatic carbocycles. The van der Waals surface area contributed by atoms with E-state index in [2.05, 4.69) is 72.4 Å². The molecule has 4 rings (SSSR count). The quantitative estimate of drug-likeness (QED) is 0.513. The Balaban J connectivity index is 1.90. The van der Waals surface area contributed by atoms with Crippen molar-refractivity contribution in [1.29, 1.82) is 0 Å². The van der Waals surface area contributed by atoms with E-state index in [1.807, 2.05) is 0 Å². The topological polar surface area (TPSA) is 43.0 Å². The van der Waals surface area contributed by atoms with Crippen molar-refractivity contribution in [2.45, 2.75) is 39.0 Å². The number of hydrogen-bond acceptors (Lipinski definition) is 2. The lowest BCUT2D eigenvalue weighted by atomic mass is 9.91. The number of nitrogens with two attached hydrogens (primary N) is 1. The Morgan fingerprint density at radius 3 is 2.79 bits per heavy atom. The van der Waals surface area contributed by atoms with Crippen molar-refractivity contribution in [3.05, 3.63) is 72.4 Å². The second-order valence-electron chi connectivity index (χ2n) is 7.67. The fourth-order valence-corrected chi connectivity index (χ4v) is 4.31. The molecule has 1 aliphatic carbocycles. The van der Waals surface area contributed by atoms with Crippen LogP contribution in [0.2, 0.25) is 0 Å². The van der Waals surface area contributed by atoms with Gasteiger partial charge in [0.15, 0.2) is 0 Å². The van der Waals surface area contributed by atoms with Gasteiger partial charge in [0.25, 0.3) is 0 Å². The summed E-state index contributed by atoms with van der Waals surface area (Å²) in [6.45, 7) is 11.5. The number of para-hydroxylation sites is 1. The fourth-order valence-electron chi connectivity index (χ4n) is 4.31. The van der Waals surface area contributed by atoms with Gasteiger partial charge in [-0.3, -0.25) is 0 Å². The van der Waals surface area contributed by atoms with Crippen LogP contribution < -0.4 is 11.1 Å². The Kier molecular flexibility index (Phi) is 4.99. The first-order valence-corrected chi connectivity index (χ1v) is 10.2. The van der Waals surface area contributed by atoms with Crippen molar-refractivity contribution in [2.75, 3.05) is 11.9 Å². The second kappa shape index (κ2) is 7.59. The molecule has 3 nitrogen and oxygen atoms in total. The molecule has 1 aromatic heterocycles. The van der Waals surface area contributed by atoms with Gasteiger partial charge in [0.1, 0.15) is 0 Å². The van der Waals surface area contributed by atoms with E-state index in [4.69, 9.17) is 5.73 Å². The van der Waals surface area contributed by atoms with Crippen LogP contribution in [0.1, 0.15) is 49.4 Å². The molecule has 0 amide bonds. The highest BCUT2D eigenvalue weighted by Crippen LogP contribution is 2.40. The van der Waals surface area contributed by atoms with Crippen LogP contribution in [0.5, 0.6) is 0 Å². The molecule has 0 atom stereocenters. The number of fused-ring (bicyclic) bond motifs is 3. The summed E-state index contributed by atoms with van der Waals surface area (Å²) in [7, 11) is 0. The average molecular weight is 372 g/mol. The number of allylic oxidation sites excluding steroid dienone is 1. The summed E-state index contributed by atoms with van der Waals surface area (Å²) in [4.78, 5) is 0. The molecule has 1 heterocycles. The van der Waals surface area contributed by atoms with Gasteiger partial charge in [-0.25, -0.2) is 0 Å². The summed E-state index contributed by atoms with van der Waals surface area (Å²) >= 11 is 0. The molecule has 0 aliphatic heterocycles. The lowest BCUT2D eigenvalue weighted by Crippen LogP contribution is -2.09. The summed E-state index contributed by atoms with van der Waals surface area (Å²) < 4.78 is 2.41. The van der Waals surface area contributed by atoms with Crippen LogP contribution >= 0.6 is 0 Å². The monoisotopic (exact) mass is 371 g/mol. The van der Waals surface area contributed by atoms with Gasteiger partial charge in [0, 0.05) is 45.8 Å². The highest BCUT2D eigenvalue weighted by molar-refractivity contribution is 5.96. The Bertz CT molecular complexity index is 1060. The van der Waals surface area contributed by atoms with Crippen LogP contribution in [-0.2, 0) is 6.42 Å². The molecular weight excluding hydrogens is 342 g/mol. The molecule has 0 saturated carbocycles. The molecule has 1 aliphatic rings. The van der Waals surface area contributed by atoms with Crippen molar-refractivity contribution in [3.63, 3.8) is 0 Å². The van der Waals surface area contributed by atoms with E-state index in [-0.39, 0.29) is 0 Å². The van der Waals surface area contributed by atoms with Crippen LogP contribution in [0.4, 0.5) is 5.69 Å². The van der Waals surface area contributed by atoms with Crippen molar-refractivity contribution in [2.24, 2.45) is 5.73 Å². The normalized spacial score (nSPS) is 13.5. The molecule has 0 unspecified atom stereocenters. The number of benzene rings is 2. The summed E-state index contributed by atoms with van der Waals surface area (Å²) in [6, 6.07) is 15.1. The maximum absolute atomic E-state index is 6.05. The zero-order chi connectivity index (χ0) is 19.7. The lowest BCUT2D eigenvalue weighted by molar-refractivity contribution is 0.781. The van der Waals surface area contributed by atoms with Gasteiger partial charge in [-0.1, -0.05) is 44.7 Å². The molecular formula is C25H29N3. The summed E-state index contributed by atoms with van der Waals surface area (Å²) in [5.74, 6) is 0. The van der Waals surface area contributed by atoms with E-state index < -0.39 is 0 Å². The molecule has 3 heteroatoms. The van der Waals surface area contributed by atoms with Gasteiger partial charge in [-0.2, -0.15) is 0 Å². The van der Waals surface area contributed by atoms with Crippen molar-refractivity contribution >= 4 is 27.9 Å². The van der Waals surface area contributed by atoms with E-state index in [1.165, 1.54) is 27.7 Å². The van der Waals surface area contributed by atoms with E-state index in [0.717, 1.165) is 55.6 Å². The number of hydrogen-bond donors (Lipinski definition) is 2. The third-order valence-corrected chi connectivity index (χ3v) is 5.67. The van der Waals surface area contributed by atoms with E-state index in [1.54, 1.807) is 0 Å².